The maximum atomic E-state index is 13.8. The second-order valence-electron chi connectivity index (χ2n) is 18.6. The van der Waals surface area contributed by atoms with Crippen LogP contribution < -0.4 is 22.5 Å². The molecule has 1 amide bonds. The Morgan fingerprint density at radius 1 is 0.768 bits per heavy atom. The summed E-state index contributed by atoms with van der Waals surface area (Å²) >= 11 is 0. The fourth-order valence-corrected chi connectivity index (χ4v) is 11.0. The van der Waals surface area contributed by atoms with E-state index in [0.29, 0.717) is 62.6 Å². The van der Waals surface area contributed by atoms with E-state index in [4.69, 9.17) is 36.1 Å². The molecule has 0 heterocycles. The lowest BCUT2D eigenvalue weighted by molar-refractivity contribution is -0.157. The first kappa shape index (κ1) is 46.0. The topological polar surface area (TPSA) is 195 Å². The molecule has 4 rings (SSSR count). The van der Waals surface area contributed by atoms with E-state index >= 15 is 0 Å². The highest BCUT2D eigenvalue weighted by Gasteiger charge is 2.59. The van der Waals surface area contributed by atoms with Gasteiger partial charge in [-0.2, -0.15) is 0 Å². The second-order valence-corrected chi connectivity index (χ2v) is 18.6. The zero-order valence-corrected chi connectivity index (χ0v) is 35.4. The van der Waals surface area contributed by atoms with E-state index in [1.807, 2.05) is 0 Å². The molecule has 0 aromatic carbocycles. The number of hydrogen-bond acceptors (Lipinski definition) is 11. The van der Waals surface area contributed by atoms with E-state index in [-0.39, 0.29) is 30.8 Å². The molecule has 4 unspecified atom stereocenters. The Hall–Kier alpha value is -2.70. The number of fused-ring (bicyclic) bond motifs is 5. The van der Waals surface area contributed by atoms with Crippen molar-refractivity contribution in [2.45, 2.75) is 155 Å². The Morgan fingerprint density at radius 2 is 1.34 bits per heavy atom. The van der Waals surface area contributed by atoms with Crippen LogP contribution in [0.5, 0.6) is 0 Å². The Bertz CT molecular complexity index is 1280. The molecule has 4 aliphatic carbocycles. The minimum Gasteiger partial charge on any atom is -0.463 e. The van der Waals surface area contributed by atoms with Gasteiger partial charge in [-0.05, 0) is 130 Å². The third-order valence-electron chi connectivity index (χ3n) is 14.2. The average molecular weight is 789 g/mol. The first-order valence-corrected chi connectivity index (χ1v) is 22.0. The zero-order valence-electron chi connectivity index (χ0n) is 35.4. The molecule has 8 atom stereocenters. The molecular weight excluding hydrogens is 713 g/mol. The number of allylic oxidation sites excluding steroid dienone is 1. The largest absolute Gasteiger partial charge is 0.463 e. The summed E-state index contributed by atoms with van der Waals surface area (Å²) in [7, 11) is 0. The summed E-state index contributed by atoms with van der Waals surface area (Å²) in [5.41, 5.74) is 17.0. The van der Waals surface area contributed by atoms with Gasteiger partial charge >= 0.3 is 24.0 Å². The zero-order chi connectivity index (χ0) is 40.9. The highest BCUT2D eigenvalue weighted by atomic mass is 16.6. The molecule has 320 valence electrons. The van der Waals surface area contributed by atoms with Crippen LogP contribution in [0.2, 0.25) is 0 Å². The minimum atomic E-state index is -1.59. The van der Waals surface area contributed by atoms with Crippen molar-refractivity contribution in [2.24, 2.45) is 63.5 Å². The lowest BCUT2D eigenvalue weighted by atomic mass is 9.47. The summed E-state index contributed by atoms with van der Waals surface area (Å²) in [5.74, 6) is 2.83. The second kappa shape index (κ2) is 21.3. The predicted octanol–water partition coefficient (Wildman–Crippen LogP) is 6.71. The Kier molecular flexibility index (Phi) is 17.5. The number of carbonyl (C=O) groups is 4. The van der Waals surface area contributed by atoms with Crippen molar-refractivity contribution in [3.63, 3.8) is 0 Å². The van der Waals surface area contributed by atoms with Crippen LogP contribution in [0.25, 0.3) is 0 Å². The van der Waals surface area contributed by atoms with E-state index < -0.39 is 49.4 Å². The number of hydrogen-bond donors (Lipinski definition) is 4. The summed E-state index contributed by atoms with van der Waals surface area (Å²) in [6, 6.07) is 0. The molecule has 12 nitrogen and oxygen atoms in total. The van der Waals surface area contributed by atoms with Crippen LogP contribution in [0.1, 0.15) is 144 Å². The summed E-state index contributed by atoms with van der Waals surface area (Å²) in [6.45, 7) is 12.0. The molecule has 4 aliphatic rings. The maximum Gasteiger partial charge on any atom is 0.408 e. The summed E-state index contributed by atoms with van der Waals surface area (Å²) < 4.78 is 22.7. The number of nitrogens with two attached hydrogens (primary N) is 3. The van der Waals surface area contributed by atoms with Crippen LogP contribution in [-0.2, 0) is 33.3 Å². The van der Waals surface area contributed by atoms with Gasteiger partial charge in [0.25, 0.3) is 0 Å². The van der Waals surface area contributed by atoms with Gasteiger partial charge in [0.2, 0.25) is 0 Å². The number of esters is 3. The van der Waals surface area contributed by atoms with E-state index in [2.05, 4.69) is 46.0 Å². The molecule has 0 bridgehead atoms. The van der Waals surface area contributed by atoms with Gasteiger partial charge < -0.3 is 41.5 Å². The lowest BCUT2D eigenvalue weighted by Crippen LogP contribution is -2.60. The predicted molar refractivity (Wildman–Crippen MR) is 217 cm³/mol. The number of alkyl carbamates (subject to hydrolysis) is 1. The fourth-order valence-electron chi connectivity index (χ4n) is 11.0. The standard InChI is InChI=1S/C44H76N4O8/c1-30(2)10-6-11-31(3)35-17-18-36-34-16-15-32-26-33(19-21-42(32,4)37(34)20-22-43(35,36)5)56-41(52)48-44(27-53-38(49)12-7-23-45,28-54-39(50)13-8-24-46)29-55-40(51)14-9-25-47/h15,30-31,33-37H,6-14,16-29,45-47H2,1-5H3,(H,48,52)/t31-,33?,34?,35-,36?,37?,42+,43-/m1/s1. The monoisotopic (exact) mass is 789 g/mol. The van der Waals surface area contributed by atoms with E-state index in [9.17, 15) is 19.2 Å². The third-order valence-corrected chi connectivity index (χ3v) is 14.2. The smallest absolute Gasteiger partial charge is 0.408 e. The van der Waals surface area contributed by atoms with Gasteiger partial charge in [0.05, 0.1) is 0 Å². The normalized spacial score (nSPS) is 28.9. The Labute approximate surface area is 336 Å². The van der Waals surface area contributed by atoms with Crippen molar-refractivity contribution < 1.29 is 38.1 Å². The van der Waals surface area contributed by atoms with Crippen molar-refractivity contribution in [1.82, 2.24) is 5.32 Å². The van der Waals surface area contributed by atoms with Crippen LogP contribution in [0.3, 0.4) is 0 Å². The number of rotatable bonds is 22. The van der Waals surface area contributed by atoms with E-state index in [1.54, 1.807) is 0 Å². The molecule has 56 heavy (non-hydrogen) atoms. The maximum absolute atomic E-state index is 13.8. The van der Waals surface area contributed by atoms with Gasteiger partial charge in [-0.3, -0.25) is 14.4 Å². The molecule has 12 heteroatoms. The first-order valence-electron chi connectivity index (χ1n) is 22.0. The minimum absolute atomic E-state index is 0.0690. The molecule has 0 aliphatic heterocycles. The molecule has 3 fully saturated rings. The summed E-state index contributed by atoms with van der Waals surface area (Å²) in [6.07, 6.45) is 15.5. The molecule has 0 saturated heterocycles. The quantitative estimate of drug-likeness (QED) is 0.0517. The van der Waals surface area contributed by atoms with Crippen molar-refractivity contribution >= 4 is 24.0 Å². The highest BCUT2D eigenvalue weighted by Crippen LogP contribution is 2.67. The number of nitrogens with one attached hydrogen (secondary N) is 1. The van der Waals surface area contributed by atoms with Crippen LogP contribution in [0, 0.1) is 46.3 Å². The van der Waals surface area contributed by atoms with Gasteiger partial charge in [-0.25, -0.2) is 4.79 Å². The van der Waals surface area contributed by atoms with Crippen molar-refractivity contribution in [3.05, 3.63) is 11.6 Å². The van der Waals surface area contributed by atoms with E-state index in [0.717, 1.165) is 42.9 Å². The fraction of sp³-hybridized carbons (Fsp3) is 0.864. The molecule has 3 saturated carbocycles. The van der Waals surface area contributed by atoms with Gasteiger partial charge in [-0.15, -0.1) is 0 Å². The highest BCUT2D eigenvalue weighted by molar-refractivity contribution is 5.72. The Balaban J connectivity index is 1.45. The molecule has 0 spiro atoms. The van der Waals surface area contributed by atoms with Gasteiger partial charge in [0.15, 0.2) is 0 Å². The van der Waals surface area contributed by atoms with Crippen molar-refractivity contribution in [1.29, 1.82) is 0 Å². The third kappa shape index (κ3) is 11.9. The van der Waals surface area contributed by atoms with Gasteiger partial charge in [0, 0.05) is 25.7 Å². The molecule has 0 radical (unpaired) electrons. The number of carbonyl (C=O) groups excluding carboxylic acids is 4. The first-order chi connectivity index (χ1) is 26.7. The molecule has 7 N–H and O–H groups in total. The van der Waals surface area contributed by atoms with Crippen LogP contribution in [0.4, 0.5) is 4.79 Å². The van der Waals surface area contributed by atoms with E-state index in [1.165, 1.54) is 50.5 Å². The molecule has 0 aromatic heterocycles. The SMILES string of the molecule is CC(C)CCC[C@@H](C)[C@H]1CCC2C3CC=C4CC(OC(=O)NC(COC(=O)CCCN)(COC(=O)CCCN)COC(=O)CCCN)CC[C@]4(C)C3CC[C@@]21C. The summed E-state index contributed by atoms with van der Waals surface area (Å²) in [4.78, 5) is 51.5. The number of ether oxygens (including phenoxy) is 4. The molecular formula is C44H76N4O8. The van der Waals surface area contributed by atoms with Gasteiger partial charge in [-0.1, -0.05) is 65.5 Å². The van der Waals surface area contributed by atoms with Crippen LogP contribution in [0.15, 0.2) is 11.6 Å². The average Bonchev–Trinajstić information content (AvgIpc) is 3.53. The van der Waals surface area contributed by atoms with Crippen molar-refractivity contribution in [2.75, 3.05) is 39.5 Å². The number of amides is 1. The molecule has 0 aromatic rings. The van der Waals surface area contributed by atoms with Gasteiger partial charge in [0.1, 0.15) is 31.5 Å². The Morgan fingerprint density at radius 3 is 1.88 bits per heavy atom. The van der Waals surface area contributed by atoms with Crippen LogP contribution in [-0.4, -0.2) is 75.1 Å². The summed E-state index contributed by atoms with van der Waals surface area (Å²) in [5, 5.41) is 2.81. The lowest BCUT2D eigenvalue weighted by Gasteiger charge is -2.58. The van der Waals surface area contributed by atoms with Crippen LogP contribution >= 0.6 is 0 Å². The van der Waals surface area contributed by atoms with Crippen molar-refractivity contribution in [3.8, 4) is 0 Å².